The monoisotopic (exact) mass is 396 g/mol. The van der Waals surface area contributed by atoms with E-state index >= 15 is 0 Å². The van der Waals surface area contributed by atoms with Crippen LogP contribution in [0.2, 0.25) is 0 Å². The zero-order valence-electron chi connectivity index (χ0n) is 17.4. The fourth-order valence-electron chi connectivity index (χ4n) is 4.05. The van der Waals surface area contributed by atoms with Crippen molar-refractivity contribution in [1.82, 2.24) is 14.9 Å². The maximum atomic E-state index is 13.1. The van der Waals surface area contributed by atoms with Gasteiger partial charge in [-0.2, -0.15) is 0 Å². The second-order valence-electron chi connectivity index (χ2n) is 7.86. The lowest BCUT2D eigenvalue weighted by molar-refractivity contribution is 0.0728. The molecule has 2 aliphatic rings. The number of ether oxygens (including phenoxy) is 2. The molecule has 1 saturated heterocycles. The van der Waals surface area contributed by atoms with Gasteiger partial charge in [0.05, 0.1) is 14.2 Å². The molecule has 2 aliphatic heterocycles. The van der Waals surface area contributed by atoms with Crippen LogP contribution in [-0.4, -0.2) is 54.6 Å². The number of carbonyl (C=O) groups excluding carboxylic acids is 1. The number of benzene rings is 1. The molecule has 1 aromatic heterocycles. The number of nitrogens with zero attached hydrogens (tertiary/aromatic N) is 4. The second kappa shape index (κ2) is 8.27. The first-order valence-corrected chi connectivity index (χ1v) is 10.2. The molecule has 0 spiro atoms. The summed E-state index contributed by atoms with van der Waals surface area (Å²) >= 11 is 0. The minimum absolute atomic E-state index is 0.0561. The number of amides is 1. The summed E-state index contributed by atoms with van der Waals surface area (Å²) in [7, 11) is 3.26. The number of fused-ring (bicyclic) bond motifs is 1. The van der Waals surface area contributed by atoms with Crippen LogP contribution in [0, 0.1) is 5.92 Å². The summed E-state index contributed by atoms with van der Waals surface area (Å²) in [5.41, 5.74) is 2.73. The van der Waals surface area contributed by atoms with Gasteiger partial charge in [-0.1, -0.05) is 6.92 Å². The van der Waals surface area contributed by atoms with Crippen molar-refractivity contribution >= 4 is 11.9 Å². The predicted octanol–water partition coefficient (Wildman–Crippen LogP) is 2.93. The zero-order valence-corrected chi connectivity index (χ0v) is 17.4. The number of aromatic nitrogens is 2. The molecule has 0 aliphatic carbocycles. The van der Waals surface area contributed by atoms with Crippen molar-refractivity contribution in [2.24, 2.45) is 5.92 Å². The van der Waals surface area contributed by atoms with Crippen LogP contribution in [0.4, 0.5) is 5.95 Å². The molecule has 1 amide bonds. The third kappa shape index (κ3) is 3.99. The van der Waals surface area contributed by atoms with E-state index in [1.54, 1.807) is 26.5 Å². The van der Waals surface area contributed by atoms with E-state index < -0.39 is 0 Å². The first-order valence-electron chi connectivity index (χ1n) is 10.2. The molecule has 0 bridgehead atoms. The van der Waals surface area contributed by atoms with Crippen molar-refractivity contribution in [2.45, 2.75) is 32.7 Å². The van der Waals surface area contributed by atoms with Crippen molar-refractivity contribution in [1.29, 1.82) is 0 Å². The standard InChI is InChI=1S/C22H28N4O3/c1-15-5-9-25(10-6-15)22-23-8-4-18(24-22)21(27)26-11-7-16-12-19(28-2)20(29-3)13-17(16)14-26/h4,8,12-13,15H,5-7,9-11,14H2,1-3H3. The van der Waals surface area contributed by atoms with Crippen LogP contribution < -0.4 is 14.4 Å². The molecule has 154 valence electrons. The van der Waals surface area contributed by atoms with Crippen molar-refractivity contribution in [2.75, 3.05) is 38.8 Å². The number of methoxy groups -OCH3 is 2. The van der Waals surface area contributed by atoms with Crippen LogP contribution in [-0.2, 0) is 13.0 Å². The summed E-state index contributed by atoms with van der Waals surface area (Å²) in [6.45, 7) is 5.35. The van der Waals surface area contributed by atoms with E-state index in [0.29, 0.717) is 30.5 Å². The molecule has 0 atom stereocenters. The number of rotatable bonds is 4. The minimum Gasteiger partial charge on any atom is -0.493 e. The first-order chi connectivity index (χ1) is 14.1. The van der Waals surface area contributed by atoms with Crippen molar-refractivity contribution < 1.29 is 14.3 Å². The van der Waals surface area contributed by atoms with Gasteiger partial charge >= 0.3 is 0 Å². The molecule has 7 heteroatoms. The molecule has 0 radical (unpaired) electrons. The summed E-state index contributed by atoms with van der Waals surface area (Å²) in [5.74, 6) is 2.75. The maximum absolute atomic E-state index is 13.1. The van der Waals surface area contributed by atoms with Crippen LogP contribution in [0.3, 0.4) is 0 Å². The minimum atomic E-state index is -0.0561. The number of carbonyl (C=O) groups is 1. The Morgan fingerprint density at radius 1 is 1.07 bits per heavy atom. The maximum Gasteiger partial charge on any atom is 0.272 e. The van der Waals surface area contributed by atoms with E-state index in [0.717, 1.165) is 49.6 Å². The molecule has 0 unspecified atom stereocenters. The Morgan fingerprint density at radius 3 is 2.45 bits per heavy atom. The van der Waals surface area contributed by atoms with Gasteiger partial charge in [0.15, 0.2) is 11.5 Å². The van der Waals surface area contributed by atoms with Gasteiger partial charge in [-0.05, 0) is 54.5 Å². The number of anilines is 1. The van der Waals surface area contributed by atoms with Crippen LogP contribution in [0.5, 0.6) is 11.5 Å². The van der Waals surface area contributed by atoms with Crippen LogP contribution in [0.25, 0.3) is 0 Å². The van der Waals surface area contributed by atoms with Gasteiger partial charge in [0.2, 0.25) is 5.95 Å². The Morgan fingerprint density at radius 2 is 1.76 bits per heavy atom. The molecule has 1 aromatic carbocycles. The highest BCUT2D eigenvalue weighted by molar-refractivity contribution is 5.92. The average molecular weight is 396 g/mol. The Labute approximate surface area is 171 Å². The lowest BCUT2D eigenvalue weighted by atomic mass is 9.98. The van der Waals surface area contributed by atoms with Gasteiger partial charge in [0.1, 0.15) is 5.69 Å². The van der Waals surface area contributed by atoms with Crippen LogP contribution >= 0.6 is 0 Å². The largest absolute Gasteiger partial charge is 0.493 e. The van der Waals surface area contributed by atoms with E-state index in [-0.39, 0.29) is 5.91 Å². The Balaban J connectivity index is 1.51. The molecule has 2 aromatic rings. The normalized spacial score (nSPS) is 17.1. The average Bonchev–Trinajstić information content (AvgIpc) is 2.77. The Hall–Kier alpha value is -2.83. The first kappa shape index (κ1) is 19.5. The van der Waals surface area contributed by atoms with Crippen LogP contribution in [0.15, 0.2) is 24.4 Å². The quantitative estimate of drug-likeness (QED) is 0.792. The zero-order chi connectivity index (χ0) is 20.4. The van der Waals surface area contributed by atoms with Gasteiger partial charge in [0, 0.05) is 32.4 Å². The van der Waals surface area contributed by atoms with E-state index in [2.05, 4.69) is 21.8 Å². The summed E-state index contributed by atoms with van der Waals surface area (Å²) in [6, 6.07) is 5.69. The van der Waals surface area contributed by atoms with E-state index in [4.69, 9.17) is 9.47 Å². The summed E-state index contributed by atoms with van der Waals surface area (Å²) < 4.78 is 10.8. The summed E-state index contributed by atoms with van der Waals surface area (Å²) in [5, 5.41) is 0. The molecule has 29 heavy (non-hydrogen) atoms. The SMILES string of the molecule is COc1cc2c(cc1OC)CN(C(=O)c1ccnc(N3CCC(C)CC3)n1)CC2. The lowest BCUT2D eigenvalue weighted by Crippen LogP contribution is -2.37. The summed E-state index contributed by atoms with van der Waals surface area (Å²) in [4.78, 5) is 26.2. The number of piperidine rings is 1. The van der Waals surface area contributed by atoms with Gasteiger partial charge in [-0.3, -0.25) is 4.79 Å². The molecule has 4 rings (SSSR count). The highest BCUT2D eigenvalue weighted by Crippen LogP contribution is 2.33. The third-order valence-corrected chi connectivity index (χ3v) is 5.93. The van der Waals surface area contributed by atoms with Crippen molar-refractivity contribution in [3.8, 4) is 11.5 Å². The van der Waals surface area contributed by atoms with Crippen molar-refractivity contribution in [3.05, 3.63) is 41.2 Å². The summed E-state index contributed by atoms with van der Waals surface area (Å²) in [6.07, 6.45) is 4.74. The topological polar surface area (TPSA) is 67.8 Å². The molecule has 3 heterocycles. The number of hydrogen-bond donors (Lipinski definition) is 0. The highest BCUT2D eigenvalue weighted by atomic mass is 16.5. The van der Waals surface area contributed by atoms with E-state index in [9.17, 15) is 4.79 Å². The third-order valence-electron chi connectivity index (χ3n) is 5.93. The van der Waals surface area contributed by atoms with Crippen molar-refractivity contribution in [3.63, 3.8) is 0 Å². The number of hydrogen-bond acceptors (Lipinski definition) is 6. The highest BCUT2D eigenvalue weighted by Gasteiger charge is 2.26. The van der Waals surface area contributed by atoms with Crippen LogP contribution in [0.1, 0.15) is 41.4 Å². The molecule has 1 fully saturated rings. The van der Waals surface area contributed by atoms with E-state index in [1.807, 2.05) is 17.0 Å². The van der Waals surface area contributed by atoms with Gasteiger partial charge in [0.25, 0.3) is 5.91 Å². The molecule has 0 N–H and O–H groups in total. The smallest absolute Gasteiger partial charge is 0.272 e. The molecule has 7 nitrogen and oxygen atoms in total. The Bertz CT molecular complexity index is 894. The molecular formula is C22H28N4O3. The van der Waals surface area contributed by atoms with Gasteiger partial charge < -0.3 is 19.3 Å². The lowest BCUT2D eigenvalue weighted by Gasteiger charge is -2.31. The Kier molecular flexibility index (Phi) is 5.56. The second-order valence-corrected chi connectivity index (χ2v) is 7.86. The fourth-order valence-corrected chi connectivity index (χ4v) is 4.05. The molecular weight excluding hydrogens is 368 g/mol. The van der Waals surface area contributed by atoms with Gasteiger partial charge in [-0.15, -0.1) is 0 Å². The predicted molar refractivity (Wildman–Crippen MR) is 111 cm³/mol. The fraction of sp³-hybridized carbons (Fsp3) is 0.500. The molecule has 0 saturated carbocycles. The van der Waals surface area contributed by atoms with E-state index in [1.165, 1.54) is 5.56 Å². The van der Waals surface area contributed by atoms with Gasteiger partial charge in [-0.25, -0.2) is 9.97 Å².